The largest absolute Gasteiger partial charge is 0.459 e. The molecule has 3 rings (SSSR count). The first-order valence-corrected chi connectivity index (χ1v) is 17.1. The van der Waals surface area contributed by atoms with Crippen LogP contribution in [0.15, 0.2) is 84.9 Å². The third-order valence-electron chi connectivity index (χ3n) is 7.55. The standard InChI is InChI=1S/C39H50N4O9/c1-28(31-16-12-9-13-17-31)40-37(47)42(23-22-41(25-34(44)51-38(2,3)4)26-35(45)52-39(5,6)7)33(24-29-18-20-32(21-19-29)43(48)49)36(46)50-27-30-14-10-8-11-15-30/h8-21,28,33H,22-27H2,1-7H3,(H,40,47)/t28?,33-/m1/s1. The first kappa shape index (κ1) is 41.1. The molecule has 0 aliphatic rings. The number of urea groups is 1. The summed E-state index contributed by atoms with van der Waals surface area (Å²) in [6.45, 7) is 11.4. The average molecular weight is 719 g/mol. The molecule has 0 aliphatic carbocycles. The van der Waals surface area contributed by atoms with Gasteiger partial charge < -0.3 is 24.4 Å². The highest BCUT2D eigenvalue weighted by Gasteiger charge is 2.34. The van der Waals surface area contributed by atoms with Crippen LogP contribution in [0, 0.1) is 10.1 Å². The lowest BCUT2D eigenvalue weighted by molar-refractivity contribution is -0.384. The lowest BCUT2D eigenvalue weighted by Crippen LogP contribution is -2.54. The number of carbonyl (C=O) groups excluding carboxylic acids is 4. The van der Waals surface area contributed by atoms with Gasteiger partial charge in [0.1, 0.15) is 23.9 Å². The van der Waals surface area contributed by atoms with E-state index in [2.05, 4.69) is 5.32 Å². The molecule has 0 bridgehead atoms. The lowest BCUT2D eigenvalue weighted by atomic mass is 10.0. The first-order valence-electron chi connectivity index (χ1n) is 17.1. The molecular weight excluding hydrogens is 668 g/mol. The Morgan fingerprint density at radius 2 is 1.27 bits per heavy atom. The van der Waals surface area contributed by atoms with Gasteiger partial charge >= 0.3 is 23.9 Å². The van der Waals surface area contributed by atoms with Gasteiger partial charge in [0.05, 0.1) is 24.1 Å². The summed E-state index contributed by atoms with van der Waals surface area (Å²) in [5, 5.41) is 14.3. The summed E-state index contributed by atoms with van der Waals surface area (Å²) in [6.07, 6.45) is -0.0448. The number of rotatable bonds is 16. The van der Waals surface area contributed by atoms with Crippen molar-refractivity contribution in [1.82, 2.24) is 15.1 Å². The minimum atomic E-state index is -1.21. The van der Waals surface area contributed by atoms with Crippen molar-refractivity contribution in [3.8, 4) is 0 Å². The van der Waals surface area contributed by atoms with Gasteiger partial charge in [-0.1, -0.05) is 72.8 Å². The van der Waals surface area contributed by atoms with Gasteiger partial charge in [0.2, 0.25) is 0 Å². The molecular formula is C39H50N4O9. The van der Waals surface area contributed by atoms with Crippen molar-refractivity contribution in [3.05, 3.63) is 112 Å². The molecule has 0 aromatic heterocycles. The van der Waals surface area contributed by atoms with Crippen LogP contribution >= 0.6 is 0 Å². The zero-order valence-electron chi connectivity index (χ0n) is 31.0. The van der Waals surface area contributed by atoms with Crippen molar-refractivity contribution in [2.75, 3.05) is 26.2 Å². The Labute approximate surface area is 305 Å². The third-order valence-corrected chi connectivity index (χ3v) is 7.55. The van der Waals surface area contributed by atoms with Crippen molar-refractivity contribution >= 4 is 29.6 Å². The second kappa shape index (κ2) is 18.8. The summed E-state index contributed by atoms with van der Waals surface area (Å²) < 4.78 is 16.8. The maximum absolute atomic E-state index is 14.2. The summed E-state index contributed by atoms with van der Waals surface area (Å²) in [4.78, 5) is 67.8. The molecule has 1 unspecified atom stereocenters. The van der Waals surface area contributed by atoms with Crippen molar-refractivity contribution in [3.63, 3.8) is 0 Å². The Morgan fingerprint density at radius 3 is 1.77 bits per heavy atom. The van der Waals surface area contributed by atoms with Crippen LogP contribution < -0.4 is 5.32 Å². The zero-order chi connectivity index (χ0) is 38.5. The Morgan fingerprint density at radius 1 is 0.750 bits per heavy atom. The van der Waals surface area contributed by atoms with Crippen LogP contribution in [0.5, 0.6) is 0 Å². The molecule has 13 nitrogen and oxygen atoms in total. The van der Waals surface area contributed by atoms with E-state index in [0.29, 0.717) is 5.56 Å². The topological polar surface area (TPSA) is 158 Å². The number of esters is 3. The van der Waals surface area contributed by atoms with E-state index in [1.807, 2.05) is 55.5 Å². The van der Waals surface area contributed by atoms with Gasteiger partial charge in [-0.2, -0.15) is 0 Å². The molecule has 2 amide bonds. The lowest BCUT2D eigenvalue weighted by Gasteiger charge is -2.34. The molecule has 0 fully saturated rings. The number of nitrogens with zero attached hydrogens (tertiary/aromatic N) is 3. The predicted molar refractivity (Wildman–Crippen MR) is 195 cm³/mol. The Bertz CT molecular complexity index is 1610. The van der Waals surface area contributed by atoms with E-state index in [4.69, 9.17) is 14.2 Å². The van der Waals surface area contributed by atoms with Gasteiger partial charge in [-0.05, 0) is 65.2 Å². The molecule has 1 N–H and O–H groups in total. The first-order chi connectivity index (χ1) is 24.4. The SMILES string of the molecule is CC(NC(=O)N(CCN(CC(=O)OC(C)(C)C)CC(=O)OC(C)(C)C)[C@H](Cc1ccc([N+](=O)[O-])cc1)C(=O)OCc1ccccc1)c1ccccc1. The summed E-state index contributed by atoms with van der Waals surface area (Å²) in [5.41, 5.74) is 0.406. The molecule has 3 aromatic rings. The maximum Gasteiger partial charge on any atom is 0.329 e. The van der Waals surface area contributed by atoms with Crippen LogP contribution in [-0.4, -0.2) is 82.1 Å². The number of hydrogen-bond donors (Lipinski definition) is 1. The van der Waals surface area contributed by atoms with E-state index in [0.717, 1.165) is 11.1 Å². The highest BCUT2D eigenvalue weighted by Crippen LogP contribution is 2.19. The fourth-order valence-electron chi connectivity index (χ4n) is 5.19. The van der Waals surface area contributed by atoms with Crippen molar-refractivity contribution in [2.45, 2.75) is 84.8 Å². The van der Waals surface area contributed by atoms with E-state index in [1.165, 1.54) is 34.1 Å². The van der Waals surface area contributed by atoms with Crippen LogP contribution in [0.4, 0.5) is 10.5 Å². The predicted octanol–water partition coefficient (Wildman–Crippen LogP) is 6.01. The maximum atomic E-state index is 14.2. The van der Waals surface area contributed by atoms with E-state index in [9.17, 15) is 29.3 Å². The molecule has 0 saturated carbocycles. The van der Waals surface area contributed by atoms with Crippen LogP contribution in [0.25, 0.3) is 0 Å². The number of benzene rings is 3. The Kier molecular flexibility index (Phi) is 14.9. The van der Waals surface area contributed by atoms with E-state index in [1.54, 1.807) is 53.7 Å². The normalized spacial score (nSPS) is 12.7. The highest BCUT2D eigenvalue weighted by atomic mass is 16.6. The van der Waals surface area contributed by atoms with Crippen molar-refractivity contribution in [1.29, 1.82) is 0 Å². The number of amides is 2. The Balaban J connectivity index is 2.00. The third kappa shape index (κ3) is 14.5. The van der Waals surface area contributed by atoms with E-state index >= 15 is 0 Å². The number of nitro benzene ring substituents is 1. The van der Waals surface area contributed by atoms with Gasteiger partial charge in [-0.15, -0.1) is 0 Å². The summed E-state index contributed by atoms with van der Waals surface area (Å²) >= 11 is 0. The van der Waals surface area contributed by atoms with Crippen LogP contribution in [0.3, 0.4) is 0 Å². The molecule has 0 spiro atoms. The van der Waals surface area contributed by atoms with Gasteiger partial charge in [0.25, 0.3) is 5.69 Å². The number of ether oxygens (including phenoxy) is 3. The minimum Gasteiger partial charge on any atom is -0.459 e. The average Bonchev–Trinajstić information content (AvgIpc) is 3.06. The van der Waals surface area contributed by atoms with Crippen LogP contribution in [0.1, 0.15) is 71.2 Å². The smallest absolute Gasteiger partial charge is 0.329 e. The molecule has 0 radical (unpaired) electrons. The van der Waals surface area contributed by atoms with Crippen molar-refractivity contribution < 1.29 is 38.3 Å². The second-order valence-corrected chi connectivity index (χ2v) is 14.4. The number of nitro groups is 1. The molecule has 52 heavy (non-hydrogen) atoms. The number of nitrogens with one attached hydrogen (secondary N) is 1. The number of non-ortho nitro benzene ring substituents is 1. The van der Waals surface area contributed by atoms with Crippen LogP contribution in [0.2, 0.25) is 0 Å². The monoisotopic (exact) mass is 718 g/mol. The summed E-state index contributed by atoms with van der Waals surface area (Å²) in [7, 11) is 0. The quantitative estimate of drug-likeness (QED) is 0.0805. The minimum absolute atomic E-state index is 0.0334. The van der Waals surface area contributed by atoms with E-state index < -0.39 is 52.1 Å². The zero-order valence-corrected chi connectivity index (χ0v) is 31.0. The summed E-state index contributed by atoms with van der Waals surface area (Å²) in [6, 6.07) is 21.8. The van der Waals surface area contributed by atoms with Gasteiger partial charge in [0.15, 0.2) is 0 Å². The molecule has 3 aromatic carbocycles. The molecule has 0 heterocycles. The molecule has 280 valence electrons. The number of carbonyl (C=O) groups is 4. The molecule has 2 atom stereocenters. The molecule has 0 saturated heterocycles. The fraction of sp³-hybridized carbons (Fsp3) is 0.436. The van der Waals surface area contributed by atoms with Gasteiger partial charge in [-0.25, -0.2) is 9.59 Å². The summed E-state index contributed by atoms with van der Waals surface area (Å²) in [5.74, 6) is -1.89. The molecule has 0 aliphatic heterocycles. The molecule has 13 heteroatoms. The number of hydrogen-bond acceptors (Lipinski definition) is 10. The second-order valence-electron chi connectivity index (χ2n) is 14.4. The highest BCUT2D eigenvalue weighted by molar-refractivity contribution is 5.84. The van der Waals surface area contributed by atoms with Crippen molar-refractivity contribution in [2.24, 2.45) is 0 Å². The van der Waals surface area contributed by atoms with Crippen LogP contribution in [-0.2, 0) is 41.6 Å². The Hall–Kier alpha value is -5.30. The fourth-order valence-corrected chi connectivity index (χ4v) is 5.19. The van der Waals surface area contributed by atoms with Gasteiger partial charge in [-0.3, -0.25) is 24.6 Å². The van der Waals surface area contributed by atoms with Gasteiger partial charge in [0, 0.05) is 31.6 Å². The van der Waals surface area contributed by atoms with E-state index in [-0.39, 0.29) is 44.9 Å².